The number of nitrogens with one attached hydrogen (secondary N) is 1. The van der Waals surface area contributed by atoms with E-state index in [1.807, 2.05) is 18.2 Å². The lowest BCUT2D eigenvalue weighted by Gasteiger charge is -2.08. The van der Waals surface area contributed by atoms with Crippen molar-refractivity contribution in [2.24, 2.45) is 5.14 Å². The van der Waals surface area contributed by atoms with Crippen molar-refractivity contribution in [1.29, 1.82) is 0 Å². The van der Waals surface area contributed by atoms with E-state index in [-0.39, 0.29) is 11.9 Å². The first-order chi connectivity index (χ1) is 8.29. The zero-order valence-corrected chi connectivity index (χ0v) is 10.6. The Morgan fingerprint density at radius 2 is 1.88 bits per heavy atom. The normalized spacial score (nSPS) is 22.6. The van der Waals surface area contributed by atoms with E-state index in [1.54, 1.807) is 0 Å². The highest BCUT2D eigenvalue weighted by atomic mass is 32.2. The van der Waals surface area contributed by atoms with Crippen LogP contribution in [0, 0.1) is 0 Å². The molecule has 0 bridgehead atoms. The zero-order valence-electron chi connectivity index (χ0n) is 9.76. The third kappa shape index (κ3) is 4.06. The van der Waals surface area contributed by atoms with Crippen LogP contribution in [-0.4, -0.2) is 11.2 Å². The first-order valence-corrected chi connectivity index (χ1v) is 6.93. The van der Waals surface area contributed by atoms with Gasteiger partial charge in [-0.15, -0.1) is 0 Å². The summed E-state index contributed by atoms with van der Waals surface area (Å²) in [5.74, 6) is 0.170. The average molecular weight is 250 g/mol. The van der Waals surface area contributed by atoms with Crippen LogP contribution in [0.25, 0.3) is 0 Å². The maximum atomic E-state index is 10.9. The summed E-state index contributed by atoms with van der Waals surface area (Å²) in [6, 6.07) is 10.3. The molecule has 1 atom stereocenters. The minimum absolute atomic E-state index is 0.170. The Kier molecular flexibility index (Phi) is 4.45. The molecule has 1 aliphatic carbocycles. The lowest BCUT2D eigenvalue weighted by atomic mass is 10.1. The zero-order chi connectivity index (χ0) is 12.1. The quantitative estimate of drug-likeness (QED) is 0.792. The molecule has 17 heavy (non-hydrogen) atoms. The molecule has 3 rings (SSSR count). The van der Waals surface area contributed by atoms with Crippen LogP contribution in [0.4, 0.5) is 0 Å². The number of hydrogen-bond donors (Lipinski definition) is 2. The molecule has 0 spiro atoms. The van der Waals surface area contributed by atoms with E-state index < -0.39 is 0 Å². The molecule has 4 heteroatoms. The van der Waals surface area contributed by atoms with E-state index in [2.05, 4.69) is 17.4 Å². The van der Waals surface area contributed by atoms with E-state index in [4.69, 9.17) is 5.14 Å². The highest BCUT2D eigenvalue weighted by molar-refractivity contribution is 7.97. The van der Waals surface area contributed by atoms with Crippen LogP contribution in [0.1, 0.15) is 37.3 Å². The van der Waals surface area contributed by atoms with Crippen molar-refractivity contribution in [3.8, 4) is 0 Å². The molecule has 1 heterocycles. The Hall–Kier alpha value is -1.00. The second-order valence-corrected chi connectivity index (χ2v) is 5.34. The van der Waals surface area contributed by atoms with Gasteiger partial charge in [-0.3, -0.25) is 9.93 Å². The van der Waals surface area contributed by atoms with Gasteiger partial charge in [-0.05, 0) is 24.8 Å². The molecule has 0 aromatic heterocycles. The van der Waals surface area contributed by atoms with Crippen molar-refractivity contribution >= 4 is 17.9 Å². The third-order valence-electron chi connectivity index (χ3n) is 2.91. The van der Waals surface area contributed by atoms with Crippen LogP contribution in [-0.2, 0) is 4.79 Å². The monoisotopic (exact) mass is 250 g/mol. The third-order valence-corrected chi connectivity index (χ3v) is 3.77. The minimum atomic E-state index is 0.170. The van der Waals surface area contributed by atoms with Gasteiger partial charge in [-0.25, -0.2) is 0 Å². The van der Waals surface area contributed by atoms with Gasteiger partial charge in [0.15, 0.2) is 0 Å². The van der Waals surface area contributed by atoms with Crippen molar-refractivity contribution in [3.63, 3.8) is 0 Å². The number of carbonyl (C=O) groups excluding carboxylic acids is 1. The van der Waals surface area contributed by atoms with E-state index in [0.29, 0.717) is 6.42 Å². The van der Waals surface area contributed by atoms with Crippen LogP contribution in [0.2, 0.25) is 0 Å². The summed E-state index contributed by atoms with van der Waals surface area (Å²) in [4.78, 5) is 10.9. The van der Waals surface area contributed by atoms with Gasteiger partial charge < -0.3 is 5.32 Å². The lowest BCUT2D eigenvalue weighted by Crippen LogP contribution is -2.17. The molecule has 1 aliphatic heterocycles. The van der Waals surface area contributed by atoms with Gasteiger partial charge in [-0.1, -0.05) is 42.3 Å². The van der Waals surface area contributed by atoms with Crippen LogP contribution in [0.5, 0.6) is 0 Å². The lowest BCUT2D eigenvalue weighted by molar-refractivity contribution is -0.119. The average Bonchev–Trinajstić information content (AvgIpc) is 3.13. The van der Waals surface area contributed by atoms with Crippen molar-refractivity contribution in [2.45, 2.75) is 37.0 Å². The van der Waals surface area contributed by atoms with Gasteiger partial charge in [0.05, 0.1) is 6.04 Å². The fraction of sp³-hybridized carbons (Fsp3) is 0.462. The van der Waals surface area contributed by atoms with Gasteiger partial charge in [0, 0.05) is 11.7 Å². The Balaban J connectivity index is 0.000000181. The van der Waals surface area contributed by atoms with Crippen LogP contribution >= 0.6 is 11.9 Å². The van der Waals surface area contributed by atoms with Crippen molar-refractivity contribution in [2.75, 3.05) is 0 Å². The van der Waals surface area contributed by atoms with E-state index in [1.165, 1.54) is 30.4 Å². The van der Waals surface area contributed by atoms with Crippen molar-refractivity contribution < 1.29 is 4.79 Å². The Labute approximate surface area is 106 Å². The molecular formula is C13H18N2OS. The van der Waals surface area contributed by atoms with Gasteiger partial charge in [0.2, 0.25) is 5.91 Å². The molecule has 2 aliphatic rings. The fourth-order valence-corrected chi connectivity index (χ4v) is 2.16. The summed E-state index contributed by atoms with van der Waals surface area (Å²) in [6.07, 6.45) is 4.30. The van der Waals surface area contributed by atoms with Gasteiger partial charge >= 0.3 is 0 Å². The molecule has 1 aromatic carbocycles. The maximum Gasteiger partial charge on any atom is 0.220 e. The van der Waals surface area contributed by atoms with Gasteiger partial charge in [-0.2, -0.15) is 0 Å². The molecule has 92 valence electrons. The Morgan fingerprint density at radius 1 is 1.18 bits per heavy atom. The number of benzene rings is 1. The second-order valence-electron chi connectivity index (χ2n) is 4.40. The summed E-state index contributed by atoms with van der Waals surface area (Å²) in [7, 11) is 0. The summed E-state index contributed by atoms with van der Waals surface area (Å²) in [5.41, 5.74) is 1.21. The second kappa shape index (κ2) is 6.07. The van der Waals surface area contributed by atoms with Crippen molar-refractivity contribution in [3.05, 3.63) is 35.9 Å². The predicted octanol–water partition coefficient (Wildman–Crippen LogP) is 2.39. The molecular weight excluding hydrogens is 232 g/mol. The smallest absolute Gasteiger partial charge is 0.220 e. The van der Waals surface area contributed by atoms with Crippen LogP contribution in [0.3, 0.4) is 0 Å². The van der Waals surface area contributed by atoms with E-state index in [9.17, 15) is 4.79 Å². The Bertz CT molecular complexity index is 365. The summed E-state index contributed by atoms with van der Waals surface area (Å²) in [5, 5.41) is 8.91. The molecule has 1 saturated carbocycles. The molecule has 1 amide bonds. The largest absolute Gasteiger partial charge is 0.349 e. The highest BCUT2D eigenvalue weighted by Crippen LogP contribution is 2.29. The predicted molar refractivity (Wildman–Crippen MR) is 71.4 cm³/mol. The molecule has 1 saturated heterocycles. The molecule has 1 unspecified atom stereocenters. The summed E-state index contributed by atoms with van der Waals surface area (Å²) < 4.78 is 0. The van der Waals surface area contributed by atoms with Crippen molar-refractivity contribution in [1.82, 2.24) is 5.32 Å². The summed E-state index contributed by atoms with van der Waals surface area (Å²) in [6.45, 7) is 0. The first-order valence-electron chi connectivity index (χ1n) is 5.99. The van der Waals surface area contributed by atoms with Crippen LogP contribution < -0.4 is 10.5 Å². The van der Waals surface area contributed by atoms with Crippen LogP contribution in [0.15, 0.2) is 30.3 Å². The van der Waals surface area contributed by atoms with E-state index >= 15 is 0 Å². The molecule has 3 nitrogen and oxygen atoms in total. The number of hydrogen-bond acceptors (Lipinski definition) is 3. The SMILES string of the molecule is NSC1CC1.O=C1CCC(c2ccccc2)N1. The Morgan fingerprint density at radius 3 is 2.29 bits per heavy atom. The summed E-state index contributed by atoms with van der Waals surface area (Å²) >= 11 is 1.49. The molecule has 0 radical (unpaired) electrons. The topological polar surface area (TPSA) is 55.1 Å². The standard InChI is InChI=1S/C10H11NO.C3H7NS/c12-10-7-6-9(11-10)8-4-2-1-3-5-8;4-5-3-1-2-3/h1-5,9H,6-7H2,(H,11,12);3H,1-2,4H2. The number of amides is 1. The molecule has 3 N–H and O–H groups in total. The minimum Gasteiger partial charge on any atom is -0.349 e. The number of rotatable bonds is 2. The first kappa shape index (κ1) is 12.5. The number of nitrogens with two attached hydrogens (primary N) is 1. The van der Waals surface area contributed by atoms with Gasteiger partial charge in [0.25, 0.3) is 0 Å². The molecule has 1 aromatic rings. The van der Waals surface area contributed by atoms with E-state index in [0.717, 1.165) is 11.7 Å². The fourth-order valence-electron chi connectivity index (χ4n) is 1.75. The van der Waals surface area contributed by atoms with Gasteiger partial charge in [0.1, 0.15) is 0 Å². The number of carbonyl (C=O) groups is 1. The molecule has 2 fully saturated rings. The highest BCUT2D eigenvalue weighted by Gasteiger charge is 2.21. The maximum absolute atomic E-state index is 10.9.